The summed E-state index contributed by atoms with van der Waals surface area (Å²) in [6.07, 6.45) is 4.67. The molecule has 1 fully saturated rings. The minimum Gasteiger partial charge on any atom is -0.496 e. The summed E-state index contributed by atoms with van der Waals surface area (Å²) in [7, 11) is 1.75. The van der Waals surface area contributed by atoms with Gasteiger partial charge in [0.15, 0.2) is 0 Å². The molecule has 1 saturated heterocycles. The predicted molar refractivity (Wildman–Crippen MR) is 66.8 cm³/mol. The third-order valence-corrected chi connectivity index (χ3v) is 3.73. The lowest BCUT2D eigenvalue weighted by Crippen LogP contribution is -2.19. The van der Waals surface area contributed by atoms with Crippen molar-refractivity contribution in [3.63, 3.8) is 0 Å². The Bertz CT molecular complexity index is 411. The number of methoxy groups -OCH3 is 1. The van der Waals surface area contributed by atoms with Crippen molar-refractivity contribution in [3.8, 4) is 11.5 Å². The van der Waals surface area contributed by atoms with E-state index in [4.69, 9.17) is 9.47 Å². The van der Waals surface area contributed by atoms with Gasteiger partial charge in [0.2, 0.25) is 0 Å². The Morgan fingerprint density at radius 3 is 3.06 bits per heavy atom. The van der Waals surface area contributed by atoms with E-state index in [2.05, 4.69) is 5.32 Å². The fourth-order valence-corrected chi connectivity index (χ4v) is 2.94. The van der Waals surface area contributed by atoms with Crippen molar-refractivity contribution >= 4 is 0 Å². The quantitative estimate of drug-likeness (QED) is 0.851. The van der Waals surface area contributed by atoms with Crippen LogP contribution in [0.1, 0.15) is 36.4 Å². The lowest BCUT2D eigenvalue weighted by molar-refractivity contribution is 0.285. The predicted octanol–water partition coefficient (Wildman–Crippen LogP) is 2.44. The molecule has 3 heteroatoms. The molecule has 3 rings (SSSR count). The molecule has 0 radical (unpaired) electrons. The molecule has 0 spiro atoms. The van der Waals surface area contributed by atoms with Crippen molar-refractivity contribution in [2.75, 3.05) is 20.3 Å². The van der Waals surface area contributed by atoms with Gasteiger partial charge in [0.05, 0.1) is 13.7 Å². The molecule has 1 atom stereocenters. The molecule has 1 unspecified atom stereocenters. The van der Waals surface area contributed by atoms with Crippen molar-refractivity contribution in [3.05, 3.63) is 23.3 Å². The van der Waals surface area contributed by atoms with Crippen LogP contribution in [0, 0.1) is 0 Å². The number of hydrogen-bond acceptors (Lipinski definition) is 3. The van der Waals surface area contributed by atoms with Crippen LogP contribution in [0.5, 0.6) is 11.5 Å². The van der Waals surface area contributed by atoms with Gasteiger partial charge in [-0.05, 0) is 44.4 Å². The molecule has 0 bridgehead atoms. The normalized spacial score (nSPS) is 23.0. The Morgan fingerprint density at radius 1 is 1.35 bits per heavy atom. The zero-order valence-corrected chi connectivity index (χ0v) is 10.3. The first-order valence-electron chi connectivity index (χ1n) is 6.46. The summed E-state index contributed by atoms with van der Waals surface area (Å²) in [5, 5.41) is 3.56. The van der Waals surface area contributed by atoms with E-state index in [-0.39, 0.29) is 0 Å². The number of hydrogen-bond donors (Lipinski definition) is 1. The summed E-state index contributed by atoms with van der Waals surface area (Å²) >= 11 is 0. The maximum absolute atomic E-state index is 5.74. The van der Waals surface area contributed by atoms with Crippen LogP contribution in [0.25, 0.3) is 0 Å². The Kier molecular flexibility index (Phi) is 2.93. The number of rotatable bonds is 2. The number of nitrogens with one attached hydrogen (secondary N) is 1. The molecule has 1 aromatic carbocycles. The molecular weight excluding hydrogens is 214 g/mol. The van der Waals surface area contributed by atoms with Crippen LogP contribution >= 0.6 is 0 Å². The summed E-state index contributed by atoms with van der Waals surface area (Å²) in [6, 6.07) is 4.53. The molecule has 0 aliphatic carbocycles. The van der Waals surface area contributed by atoms with Crippen molar-refractivity contribution < 1.29 is 9.47 Å². The molecule has 0 saturated carbocycles. The Morgan fingerprint density at radius 2 is 2.29 bits per heavy atom. The fourth-order valence-electron chi connectivity index (χ4n) is 2.94. The summed E-state index contributed by atoms with van der Waals surface area (Å²) in [5.74, 6) is 2.06. The Balaban J connectivity index is 2.07. The molecule has 3 nitrogen and oxygen atoms in total. The number of fused-ring (bicyclic) bond motifs is 1. The molecule has 2 aliphatic heterocycles. The second kappa shape index (κ2) is 4.57. The number of benzene rings is 1. The van der Waals surface area contributed by atoms with Crippen LogP contribution in [0.2, 0.25) is 0 Å². The SMILES string of the molecule is COc1ccc2c(c1C1CCCN1)CCCO2. The highest BCUT2D eigenvalue weighted by atomic mass is 16.5. The second-order valence-electron chi connectivity index (χ2n) is 4.76. The van der Waals surface area contributed by atoms with Crippen LogP contribution < -0.4 is 14.8 Å². The zero-order chi connectivity index (χ0) is 11.7. The topological polar surface area (TPSA) is 30.5 Å². The zero-order valence-electron chi connectivity index (χ0n) is 10.3. The summed E-state index contributed by atoms with van der Waals surface area (Å²) in [6.45, 7) is 1.95. The van der Waals surface area contributed by atoms with Crippen LogP contribution in [-0.2, 0) is 6.42 Å². The standard InChI is InChI=1S/C14H19NO2/c1-16-13-7-6-12-10(4-3-9-17-12)14(13)11-5-2-8-15-11/h6-7,11,15H,2-5,8-9H2,1H3. The van der Waals surface area contributed by atoms with E-state index in [1.165, 1.54) is 24.0 Å². The highest BCUT2D eigenvalue weighted by Gasteiger charge is 2.26. The van der Waals surface area contributed by atoms with Gasteiger partial charge in [0, 0.05) is 17.2 Å². The van der Waals surface area contributed by atoms with Crippen molar-refractivity contribution in [1.29, 1.82) is 0 Å². The van der Waals surface area contributed by atoms with Gasteiger partial charge in [0.1, 0.15) is 11.5 Å². The van der Waals surface area contributed by atoms with Crippen LogP contribution in [0.3, 0.4) is 0 Å². The van der Waals surface area contributed by atoms with Gasteiger partial charge in [0.25, 0.3) is 0 Å². The molecule has 17 heavy (non-hydrogen) atoms. The first kappa shape index (κ1) is 10.9. The van der Waals surface area contributed by atoms with Gasteiger partial charge in [-0.3, -0.25) is 0 Å². The largest absolute Gasteiger partial charge is 0.496 e. The maximum atomic E-state index is 5.74. The van der Waals surface area contributed by atoms with E-state index in [1.54, 1.807) is 7.11 Å². The van der Waals surface area contributed by atoms with Crippen molar-refractivity contribution in [2.45, 2.75) is 31.7 Å². The Hall–Kier alpha value is -1.22. The number of ether oxygens (including phenoxy) is 2. The molecule has 1 aromatic rings. The van der Waals surface area contributed by atoms with Crippen LogP contribution in [0.4, 0.5) is 0 Å². The molecular formula is C14H19NO2. The van der Waals surface area contributed by atoms with Crippen molar-refractivity contribution in [2.24, 2.45) is 0 Å². The molecule has 0 amide bonds. The van der Waals surface area contributed by atoms with Gasteiger partial charge < -0.3 is 14.8 Å². The van der Waals surface area contributed by atoms with E-state index < -0.39 is 0 Å². The van der Waals surface area contributed by atoms with Crippen LogP contribution in [-0.4, -0.2) is 20.3 Å². The van der Waals surface area contributed by atoms with E-state index in [0.29, 0.717) is 6.04 Å². The molecule has 2 aliphatic rings. The molecule has 1 N–H and O–H groups in total. The van der Waals surface area contributed by atoms with E-state index in [0.717, 1.165) is 37.5 Å². The first-order valence-corrected chi connectivity index (χ1v) is 6.46. The van der Waals surface area contributed by atoms with Gasteiger partial charge in [-0.15, -0.1) is 0 Å². The van der Waals surface area contributed by atoms with Gasteiger partial charge in [-0.2, -0.15) is 0 Å². The van der Waals surface area contributed by atoms with Gasteiger partial charge in [-0.25, -0.2) is 0 Å². The lowest BCUT2D eigenvalue weighted by Gasteiger charge is -2.25. The van der Waals surface area contributed by atoms with Gasteiger partial charge >= 0.3 is 0 Å². The summed E-state index contributed by atoms with van der Waals surface area (Å²) in [5.41, 5.74) is 2.69. The molecule has 0 aromatic heterocycles. The Labute approximate surface area is 102 Å². The minimum atomic E-state index is 0.446. The first-order chi connectivity index (χ1) is 8.40. The monoisotopic (exact) mass is 233 g/mol. The van der Waals surface area contributed by atoms with E-state index in [1.807, 2.05) is 12.1 Å². The van der Waals surface area contributed by atoms with Crippen LogP contribution in [0.15, 0.2) is 12.1 Å². The lowest BCUT2D eigenvalue weighted by atomic mass is 9.93. The fraction of sp³-hybridized carbons (Fsp3) is 0.571. The van der Waals surface area contributed by atoms with E-state index in [9.17, 15) is 0 Å². The average molecular weight is 233 g/mol. The molecule has 92 valence electrons. The summed E-state index contributed by atoms with van der Waals surface area (Å²) < 4.78 is 11.3. The smallest absolute Gasteiger partial charge is 0.124 e. The minimum absolute atomic E-state index is 0.446. The summed E-state index contributed by atoms with van der Waals surface area (Å²) in [4.78, 5) is 0. The molecule has 2 heterocycles. The van der Waals surface area contributed by atoms with Crippen molar-refractivity contribution in [1.82, 2.24) is 5.32 Å². The third kappa shape index (κ3) is 1.89. The average Bonchev–Trinajstić information content (AvgIpc) is 2.91. The highest BCUT2D eigenvalue weighted by molar-refractivity contribution is 5.51. The van der Waals surface area contributed by atoms with Gasteiger partial charge in [-0.1, -0.05) is 0 Å². The second-order valence-corrected chi connectivity index (χ2v) is 4.76. The maximum Gasteiger partial charge on any atom is 0.124 e. The van der Waals surface area contributed by atoms with E-state index >= 15 is 0 Å². The highest BCUT2D eigenvalue weighted by Crippen LogP contribution is 2.40. The third-order valence-electron chi connectivity index (χ3n) is 3.73.